The van der Waals surface area contributed by atoms with Crippen molar-refractivity contribution < 1.29 is 13.6 Å². The zero-order chi connectivity index (χ0) is 18.8. The topological polar surface area (TPSA) is 59.8 Å². The van der Waals surface area contributed by atoms with Gasteiger partial charge in [-0.1, -0.05) is 17.7 Å². The molecule has 0 saturated carbocycles. The van der Waals surface area contributed by atoms with Crippen LogP contribution in [0.1, 0.15) is 35.0 Å². The number of carbonyl (C=O) groups is 1. The largest absolute Gasteiger partial charge is 0.343 e. The molecule has 26 heavy (non-hydrogen) atoms. The molecule has 1 N–H and O–H groups in total. The van der Waals surface area contributed by atoms with Crippen molar-refractivity contribution in [1.29, 1.82) is 0 Å². The molecule has 0 aliphatic heterocycles. The van der Waals surface area contributed by atoms with Crippen LogP contribution in [0.3, 0.4) is 0 Å². The minimum absolute atomic E-state index is 0.0492. The van der Waals surface area contributed by atoms with E-state index in [4.69, 9.17) is 11.6 Å². The molecule has 2 aromatic carbocycles. The average Bonchev–Trinajstić information content (AvgIpc) is 2.97. The molecule has 0 aliphatic rings. The Morgan fingerprint density at radius 2 is 1.88 bits per heavy atom. The van der Waals surface area contributed by atoms with Gasteiger partial charge in [-0.15, -0.1) is 5.10 Å². The molecule has 0 aliphatic carbocycles. The fourth-order valence-electron chi connectivity index (χ4n) is 2.50. The van der Waals surface area contributed by atoms with Gasteiger partial charge in [0, 0.05) is 16.7 Å². The van der Waals surface area contributed by atoms with Crippen molar-refractivity contribution in [3.8, 4) is 5.69 Å². The van der Waals surface area contributed by atoms with E-state index in [1.165, 1.54) is 10.7 Å². The molecule has 3 rings (SSSR count). The average molecular weight is 377 g/mol. The first-order valence-corrected chi connectivity index (χ1v) is 8.18. The number of aromatic nitrogens is 3. The Kier molecular flexibility index (Phi) is 4.99. The van der Waals surface area contributed by atoms with E-state index in [9.17, 15) is 13.6 Å². The standard InChI is InChI=1S/C18H15ClF2N4O/c1-10(15-8-5-13(20)9-16(15)21)22-18(26)17-23-11(2)25(24-17)14-6-3-12(19)4-7-14/h3-10H,1-2H3,(H,22,26). The maximum absolute atomic E-state index is 13.8. The quantitative estimate of drug-likeness (QED) is 0.748. The van der Waals surface area contributed by atoms with Crippen LogP contribution in [0.4, 0.5) is 8.78 Å². The second-order valence-electron chi connectivity index (χ2n) is 5.73. The molecule has 1 atom stereocenters. The van der Waals surface area contributed by atoms with Crippen molar-refractivity contribution in [2.24, 2.45) is 0 Å². The van der Waals surface area contributed by atoms with Gasteiger partial charge in [-0.3, -0.25) is 4.79 Å². The van der Waals surface area contributed by atoms with Gasteiger partial charge in [0.25, 0.3) is 5.91 Å². The third-order valence-electron chi connectivity index (χ3n) is 3.82. The summed E-state index contributed by atoms with van der Waals surface area (Å²) in [7, 11) is 0. The summed E-state index contributed by atoms with van der Waals surface area (Å²) in [5, 5.41) is 7.39. The van der Waals surface area contributed by atoms with E-state index < -0.39 is 23.6 Å². The van der Waals surface area contributed by atoms with Gasteiger partial charge in [0.05, 0.1) is 11.7 Å². The number of aryl methyl sites for hydroxylation is 1. The maximum atomic E-state index is 13.8. The molecule has 0 fully saturated rings. The lowest BCUT2D eigenvalue weighted by Gasteiger charge is -2.13. The highest BCUT2D eigenvalue weighted by Gasteiger charge is 2.19. The van der Waals surface area contributed by atoms with Crippen LogP contribution in [-0.2, 0) is 0 Å². The first-order valence-electron chi connectivity index (χ1n) is 7.80. The normalized spacial score (nSPS) is 12.0. The molecule has 8 heteroatoms. The SMILES string of the molecule is Cc1nc(C(=O)NC(C)c2ccc(F)cc2F)nn1-c1ccc(Cl)cc1. The lowest BCUT2D eigenvalue weighted by Crippen LogP contribution is -2.28. The Balaban J connectivity index is 1.80. The van der Waals surface area contributed by atoms with Gasteiger partial charge in [-0.25, -0.2) is 18.4 Å². The van der Waals surface area contributed by atoms with E-state index in [1.54, 1.807) is 38.1 Å². The second kappa shape index (κ2) is 7.21. The highest BCUT2D eigenvalue weighted by atomic mass is 35.5. The summed E-state index contributed by atoms with van der Waals surface area (Å²) in [5.74, 6) is -1.50. The number of nitrogens with one attached hydrogen (secondary N) is 1. The summed E-state index contributed by atoms with van der Waals surface area (Å²) >= 11 is 5.87. The van der Waals surface area contributed by atoms with Crippen LogP contribution in [0, 0.1) is 18.6 Å². The van der Waals surface area contributed by atoms with Gasteiger partial charge in [-0.05, 0) is 44.2 Å². The first kappa shape index (κ1) is 18.0. The van der Waals surface area contributed by atoms with Crippen LogP contribution < -0.4 is 5.32 Å². The van der Waals surface area contributed by atoms with E-state index in [-0.39, 0.29) is 11.4 Å². The van der Waals surface area contributed by atoms with Crippen LogP contribution in [0.5, 0.6) is 0 Å². The van der Waals surface area contributed by atoms with Crippen molar-refractivity contribution >= 4 is 17.5 Å². The summed E-state index contributed by atoms with van der Waals surface area (Å²) in [6.07, 6.45) is 0. The molecule has 0 spiro atoms. The van der Waals surface area contributed by atoms with Gasteiger partial charge < -0.3 is 5.32 Å². The second-order valence-corrected chi connectivity index (χ2v) is 6.17. The predicted molar refractivity (Wildman–Crippen MR) is 93.3 cm³/mol. The van der Waals surface area contributed by atoms with Gasteiger partial charge in [0.15, 0.2) is 0 Å². The molecule has 5 nitrogen and oxygen atoms in total. The molecular weight excluding hydrogens is 362 g/mol. The smallest absolute Gasteiger partial charge is 0.291 e. The maximum Gasteiger partial charge on any atom is 0.291 e. The Morgan fingerprint density at radius 1 is 1.19 bits per heavy atom. The Morgan fingerprint density at radius 3 is 2.54 bits per heavy atom. The number of hydrogen-bond acceptors (Lipinski definition) is 3. The number of carbonyl (C=O) groups excluding carboxylic acids is 1. The van der Waals surface area contributed by atoms with Gasteiger partial charge in [0.2, 0.25) is 5.82 Å². The van der Waals surface area contributed by atoms with Crippen molar-refractivity contribution in [2.75, 3.05) is 0 Å². The lowest BCUT2D eigenvalue weighted by molar-refractivity contribution is 0.0929. The van der Waals surface area contributed by atoms with Crippen LogP contribution in [0.25, 0.3) is 5.69 Å². The summed E-state index contributed by atoms with van der Waals surface area (Å²) in [6.45, 7) is 3.30. The van der Waals surface area contributed by atoms with E-state index in [2.05, 4.69) is 15.4 Å². The van der Waals surface area contributed by atoms with E-state index in [0.29, 0.717) is 16.5 Å². The first-order chi connectivity index (χ1) is 12.3. The van der Waals surface area contributed by atoms with Gasteiger partial charge >= 0.3 is 0 Å². The molecule has 1 amide bonds. The Bertz CT molecular complexity index is 956. The monoisotopic (exact) mass is 376 g/mol. The zero-order valence-corrected chi connectivity index (χ0v) is 14.8. The fraction of sp³-hybridized carbons (Fsp3) is 0.167. The third kappa shape index (κ3) is 3.72. The van der Waals surface area contributed by atoms with E-state index in [0.717, 1.165) is 12.1 Å². The van der Waals surface area contributed by atoms with Crippen LogP contribution in [-0.4, -0.2) is 20.7 Å². The van der Waals surface area contributed by atoms with Crippen LogP contribution >= 0.6 is 11.6 Å². The zero-order valence-electron chi connectivity index (χ0n) is 14.0. The van der Waals surface area contributed by atoms with Crippen LogP contribution in [0.15, 0.2) is 42.5 Å². The molecule has 3 aromatic rings. The van der Waals surface area contributed by atoms with E-state index >= 15 is 0 Å². The lowest BCUT2D eigenvalue weighted by atomic mass is 10.1. The predicted octanol–water partition coefficient (Wildman–Crippen LogP) is 4.00. The molecule has 0 radical (unpaired) electrons. The minimum Gasteiger partial charge on any atom is -0.343 e. The van der Waals surface area contributed by atoms with Crippen LogP contribution in [0.2, 0.25) is 5.02 Å². The van der Waals surface area contributed by atoms with Crippen molar-refractivity contribution in [3.63, 3.8) is 0 Å². The summed E-state index contributed by atoms with van der Waals surface area (Å²) in [4.78, 5) is 16.5. The fourth-order valence-corrected chi connectivity index (χ4v) is 2.63. The van der Waals surface area contributed by atoms with Crippen molar-refractivity contribution in [3.05, 3.63) is 76.3 Å². The molecule has 1 heterocycles. The molecule has 1 unspecified atom stereocenters. The number of rotatable bonds is 4. The molecule has 0 bridgehead atoms. The number of nitrogens with zero attached hydrogens (tertiary/aromatic N) is 3. The number of benzene rings is 2. The minimum atomic E-state index is -0.728. The van der Waals surface area contributed by atoms with E-state index in [1.807, 2.05) is 0 Å². The molecular formula is C18H15ClF2N4O. The highest BCUT2D eigenvalue weighted by molar-refractivity contribution is 6.30. The van der Waals surface area contributed by atoms with Crippen molar-refractivity contribution in [2.45, 2.75) is 19.9 Å². The summed E-state index contributed by atoms with van der Waals surface area (Å²) in [6, 6.07) is 9.44. The molecule has 0 saturated heterocycles. The third-order valence-corrected chi connectivity index (χ3v) is 4.07. The van der Waals surface area contributed by atoms with Crippen molar-refractivity contribution in [1.82, 2.24) is 20.1 Å². The number of amides is 1. The highest BCUT2D eigenvalue weighted by Crippen LogP contribution is 2.18. The Hall–Kier alpha value is -2.80. The summed E-state index contributed by atoms with van der Waals surface area (Å²) in [5.41, 5.74) is 0.879. The summed E-state index contributed by atoms with van der Waals surface area (Å²) < 4.78 is 28.4. The van der Waals surface area contributed by atoms with Gasteiger partial charge in [-0.2, -0.15) is 0 Å². The molecule has 134 valence electrons. The number of halogens is 3. The van der Waals surface area contributed by atoms with Gasteiger partial charge in [0.1, 0.15) is 17.5 Å². The molecule has 1 aromatic heterocycles. The number of hydrogen-bond donors (Lipinski definition) is 1. The Labute approximate surface area is 153 Å².